The lowest BCUT2D eigenvalue weighted by atomic mass is 10.1. The minimum Gasteiger partial charge on any atom is -0.382 e. The first-order valence-corrected chi connectivity index (χ1v) is 7.27. The molecule has 4 nitrogen and oxygen atoms in total. The van der Waals surface area contributed by atoms with E-state index in [-0.39, 0.29) is 6.04 Å². The number of hydrogen-bond acceptors (Lipinski definition) is 3. The maximum Gasteiger partial charge on any atom is 0.0649 e. The molecule has 2 aromatic rings. The number of ether oxygens (including phenoxy) is 1. The van der Waals surface area contributed by atoms with Crippen LogP contribution in [0.2, 0.25) is 0 Å². The average molecular weight is 273 g/mol. The van der Waals surface area contributed by atoms with Gasteiger partial charge in [0, 0.05) is 19.4 Å². The van der Waals surface area contributed by atoms with Gasteiger partial charge in [-0.1, -0.05) is 25.1 Å². The molecular weight excluding hydrogens is 250 g/mol. The van der Waals surface area contributed by atoms with Crippen molar-refractivity contribution < 1.29 is 4.74 Å². The standard InChI is InChI=1S/C16H23N3O/c1-3-17-15(11-13-20-4-2)16-10-12-18-19(16)14-8-6-5-7-9-14/h5-10,12,15,17H,3-4,11,13H2,1-2H3. The molecule has 0 fully saturated rings. The fraction of sp³-hybridized carbons (Fsp3) is 0.438. The zero-order valence-electron chi connectivity index (χ0n) is 12.2. The van der Waals surface area contributed by atoms with Gasteiger partial charge >= 0.3 is 0 Å². The summed E-state index contributed by atoms with van der Waals surface area (Å²) in [5.74, 6) is 0. The summed E-state index contributed by atoms with van der Waals surface area (Å²) in [6.07, 6.45) is 2.80. The molecule has 0 saturated carbocycles. The highest BCUT2D eigenvalue weighted by atomic mass is 16.5. The summed E-state index contributed by atoms with van der Waals surface area (Å²) < 4.78 is 7.48. The van der Waals surface area contributed by atoms with Crippen molar-refractivity contribution in [3.8, 4) is 5.69 Å². The monoisotopic (exact) mass is 273 g/mol. The van der Waals surface area contributed by atoms with E-state index >= 15 is 0 Å². The topological polar surface area (TPSA) is 39.1 Å². The van der Waals surface area contributed by atoms with Gasteiger partial charge in [0.15, 0.2) is 0 Å². The van der Waals surface area contributed by atoms with Crippen LogP contribution in [0.25, 0.3) is 5.69 Å². The molecule has 4 heteroatoms. The lowest BCUT2D eigenvalue weighted by molar-refractivity contribution is 0.136. The summed E-state index contributed by atoms with van der Waals surface area (Å²) in [6, 6.07) is 12.6. The summed E-state index contributed by atoms with van der Waals surface area (Å²) >= 11 is 0. The average Bonchev–Trinajstić information content (AvgIpc) is 2.97. The first-order chi connectivity index (χ1) is 9.86. The van der Waals surface area contributed by atoms with E-state index in [9.17, 15) is 0 Å². The van der Waals surface area contributed by atoms with Gasteiger partial charge in [0.2, 0.25) is 0 Å². The maximum absolute atomic E-state index is 5.48. The Bertz CT molecular complexity index is 495. The van der Waals surface area contributed by atoms with E-state index in [4.69, 9.17) is 4.74 Å². The normalized spacial score (nSPS) is 12.5. The van der Waals surface area contributed by atoms with E-state index in [1.807, 2.05) is 36.0 Å². The molecule has 1 atom stereocenters. The van der Waals surface area contributed by atoms with Crippen molar-refractivity contribution in [1.29, 1.82) is 0 Å². The SMILES string of the molecule is CCNC(CCOCC)c1ccnn1-c1ccccc1. The Hall–Kier alpha value is -1.65. The minimum absolute atomic E-state index is 0.259. The van der Waals surface area contributed by atoms with Gasteiger partial charge in [-0.3, -0.25) is 0 Å². The Morgan fingerprint density at radius 1 is 1.20 bits per heavy atom. The van der Waals surface area contributed by atoms with Gasteiger partial charge in [0.25, 0.3) is 0 Å². The number of nitrogens with zero attached hydrogens (tertiary/aromatic N) is 2. The predicted octanol–water partition coefficient (Wildman–Crippen LogP) is 2.95. The Kier molecular flexibility index (Phi) is 5.77. The molecule has 20 heavy (non-hydrogen) atoms. The second kappa shape index (κ2) is 7.82. The molecule has 1 unspecified atom stereocenters. The highest BCUT2D eigenvalue weighted by molar-refractivity contribution is 5.33. The van der Waals surface area contributed by atoms with E-state index in [2.05, 4.69) is 35.5 Å². The highest BCUT2D eigenvalue weighted by Gasteiger charge is 2.15. The van der Waals surface area contributed by atoms with Crippen molar-refractivity contribution >= 4 is 0 Å². The molecule has 0 aliphatic heterocycles. The molecule has 0 aliphatic carbocycles. The molecule has 1 aromatic carbocycles. The van der Waals surface area contributed by atoms with E-state index < -0.39 is 0 Å². The molecule has 0 bridgehead atoms. The van der Waals surface area contributed by atoms with Crippen LogP contribution >= 0.6 is 0 Å². The molecule has 0 amide bonds. The third kappa shape index (κ3) is 3.68. The molecule has 1 aromatic heterocycles. The van der Waals surface area contributed by atoms with Crippen molar-refractivity contribution in [3.63, 3.8) is 0 Å². The summed E-state index contributed by atoms with van der Waals surface area (Å²) in [6.45, 7) is 6.59. The van der Waals surface area contributed by atoms with Gasteiger partial charge in [-0.15, -0.1) is 0 Å². The second-order valence-corrected chi connectivity index (χ2v) is 4.60. The van der Waals surface area contributed by atoms with Crippen LogP contribution in [0.5, 0.6) is 0 Å². The van der Waals surface area contributed by atoms with Gasteiger partial charge < -0.3 is 10.1 Å². The first kappa shape index (κ1) is 14.8. The zero-order valence-corrected chi connectivity index (χ0v) is 12.2. The number of nitrogens with one attached hydrogen (secondary N) is 1. The lowest BCUT2D eigenvalue weighted by Gasteiger charge is -2.19. The first-order valence-electron chi connectivity index (χ1n) is 7.27. The van der Waals surface area contributed by atoms with Crippen LogP contribution in [0.3, 0.4) is 0 Å². The summed E-state index contributed by atoms with van der Waals surface area (Å²) in [5.41, 5.74) is 2.27. The van der Waals surface area contributed by atoms with E-state index in [1.54, 1.807) is 0 Å². The number of benzene rings is 1. The predicted molar refractivity (Wildman–Crippen MR) is 81.1 cm³/mol. The van der Waals surface area contributed by atoms with Crippen molar-refractivity contribution in [2.45, 2.75) is 26.3 Å². The smallest absolute Gasteiger partial charge is 0.0649 e. The van der Waals surface area contributed by atoms with Crippen molar-refractivity contribution in [2.24, 2.45) is 0 Å². The molecule has 0 radical (unpaired) electrons. The fourth-order valence-electron chi connectivity index (χ4n) is 2.31. The van der Waals surface area contributed by atoms with Gasteiger partial charge in [0.05, 0.1) is 17.4 Å². The fourth-order valence-corrected chi connectivity index (χ4v) is 2.31. The lowest BCUT2D eigenvalue weighted by Crippen LogP contribution is -2.25. The van der Waals surface area contributed by atoms with Crippen LogP contribution in [0, 0.1) is 0 Å². The third-order valence-electron chi connectivity index (χ3n) is 3.24. The quantitative estimate of drug-likeness (QED) is 0.752. The summed E-state index contributed by atoms with van der Waals surface area (Å²) in [5, 5.41) is 7.97. The third-order valence-corrected chi connectivity index (χ3v) is 3.24. The molecule has 1 N–H and O–H groups in total. The van der Waals surface area contributed by atoms with Gasteiger partial charge in [-0.2, -0.15) is 5.10 Å². The summed E-state index contributed by atoms with van der Waals surface area (Å²) in [7, 11) is 0. The number of hydrogen-bond donors (Lipinski definition) is 1. The molecule has 0 aliphatic rings. The largest absolute Gasteiger partial charge is 0.382 e. The Labute approximate surface area is 120 Å². The van der Waals surface area contributed by atoms with E-state index in [0.29, 0.717) is 0 Å². The summed E-state index contributed by atoms with van der Waals surface area (Å²) in [4.78, 5) is 0. The van der Waals surface area contributed by atoms with Crippen molar-refractivity contribution in [3.05, 3.63) is 48.3 Å². The number of aromatic nitrogens is 2. The maximum atomic E-state index is 5.48. The molecule has 1 heterocycles. The Balaban J connectivity index is 2.19. The number of para-hydroxylation sites is 1. The van der Waals surface area contributed by atoms with Crippen molar-refractivity contribution in [2.75, 3.05) is 19.8 Å². The van der Waals surface area contributed by atoms with Crippen LogP contribution in [-0.4, -0.2) is 29.5 Å². The number of rotatable bonds is 8. The van der Waals surface area contributed by atoms with E-state index in [1.165, 1.54) is 5.69 Å². The Morgan fingerprint density at radius 3 is 2.70 bits per heavy atom. The molecule has 0 spiro atoms. The molecule has 0 saturated heterocycles. The van der Waals surface area contributed by atoms with Crippen LogP contribution in [0.1, 0.15) is 32.0 Å². The van der Waals surface area contributed by atoms with Crippen LogP contribution in [0.15, 0.2) is 42.6 Å². The molecule has 108 valence electrons. The molecule has 2 rings (SSSR count). The Morgan fingerprint density at radius 2 is 2.00 bits per heavy atom. The van der Waals surface area contributed by atoms with Crippen LogP contribution in [-0.2, 0) is 4.74 Å². The highest BCUT2D eigenvalue weighted by Crippen LogP contribution is 2.20. The van der Waals surface area contributed by atoms with Crippen molar-refractivity contribution in [1.82, 2.24) is 15.1 Å². The zero-order chi connectivity index (χ0) is 14.2. The van der Waals surface area contributed by atoms with Crippen LogP contribution in [0.4, 0.5) is 0 Å². The molecular formula is C16H23N3O. The second-order valence-electron chi connectivity index (χ2n) is 4.60. The van der Waals surface area contributed by atoms with Gasteiger partial charge in [0.1, 0.15) is 0 Å². The van der Waals surface area contributed by atoms with Gasteiger partial charge in [-0.05, 0) is 38.1 Å². The minimum atomic E-state index is 0.259. The van der Waals surface area contributed by atoms with E-state index in [0.717, 1.165) is 31.9 Å². The van der Waals surface area contributed by atoms with Crippen LogP contribution < -0.4 is 5.32 Å². The van der Waals surface area contributed by atoms with Gasteiger partial charge in [-0.25, -0.2) is 4.68 Å².